The molecule has 1 aliphatic heterocycles. The molecule has 1 aromatic heterocycles. The maximum atomic E-state index is 14.0. The molecular formula is C18H27FN2O7. The lowest BCUT2D eigenvalue weighted by Crippen LogP contribution is -2.43. The Labute approximate surface area is 161 Å². The fourth-order valence-corrected chi connectivity index (χ4v) is 3.06. The van der Waals surface area contributed by atoms with Gasteiger partial charge in [0.25, 0.3) is 5.56 Å². The molecule has 2 heterocycles. The van der Waals surface area contributed by atoms with Crippen molar-refractivity contribution in [3.8, 4) is 0 Å². The van der Waals surface area contributed by atoms with Gasteiger partial charge in [-0.1, -0.05) is 26.2 Å². The van der Waals surface area contributed by atoms with Crippen LogP contribution in [0.3, 0.4) is 0 Å². The van der Waals surface area contributed by atoms with Crippen LogP contribution in [0.25, 0.3) is 0 Å². The number of halogens is 1. The Bertz CT molecular complexity index is 776. The molecule has 0 spiro atoms. The van der Waals surface area contributed by atoms with Crippen molar-refractivity contribution in [2.75, 3.05) is 13.2 Å². The van der Waals surface area contributed by atoms with Gasteiger partial charge in [0.15, 0.2) is 0 Å². The van der Waals surface area contributed by atoms with Gasteiger partial charge in [-0.25, -0.2) is 4.79 Å². The van der Waals surface area contributed by atoms with Gasteiger partial charge in [-0.15, -0.1) is 0 Å². The SMILES string of the molecule is CCCCCCC(=O)OCCn1c(=O)c(F)cn([C@H]2C[C@H](O)[C@@H](CO)O2)c1=O. The first-order valence-electron chi connectivity index (χ1n) is 9.50. The highest BCUT2D eigenvalue weighted by Crippen LogP contribution is 2.27. The van der Waals surface area contributed by atoms with Crippen LogP contribution >= 0.6 is 0 Å². The first kappa shape index (κ1) is 22.3. The Morgan fingerprint density at radius 3 is 2.75 bits per heavy atom. The zero-order valence-electron chi connectivity index (χ0n) is 15.9. The summed E-state index contributed by atoms with van der Waals surface area (Å²) < 4.78 is 25.9. The highest BCUT2D eigenvalue weighted by molar-refractivity contribution is 5.69. The Morgan fingerprint density at radius 2 is 2.11 bits per heavy atom. The number of rotatable bonds is 10. The second kappa shape index (κ2) is 10.5. The van der Waals surface area contributed by atoms with E-state index in [2.05, 4.69) is 6.92 Å². The third-order valence-corrected chi connectivity index (χ3v) is 4.66. The maximum absolute atomic E-state index is 14.0. The fraction of sp³-hybridized carbons (Fsp3) is 0.722. The van der Waals surface area contributed by atoms with Crippen LogP contribution in [0.4, 0.5) is 4.39 Å². The van der Waals surface area contributed by atoms with Crippen LogP contribution in [-0.4, -0.2) is 50.7 Å². The predicted molar refractivity (Wildman–Crippen MR) is 96.3 cm³/mol. The van der Waals surface area contributed by atoms with E-state index in [1.54, 1.807) is 0 Å². The molecule has 1 aliphatic rings. The second-order valence-corrected chi connectivity index (χ2v) is 6.77. The topological polar surface area (TPSA) is 120 Å². The van der Waals surface area contributed by atoms with Crippen LogP contribution in [0.2, 0.25) is 0 Å². The molecule has 3 atom stereocenters. The van der Waals surface area contributed by atoms with Crippen molar-refractivity contribution in [2.45, 2.75) is 70.4 Å². The van der Waals surface area contributed by atoms with Crippen molar-refractivity contribution in [3.05, 3.63) is 32.9 Å². The van der Waals surface area contributed by atoms with Gasteiger partial charge in [0.1, 0.15) is 18.9 Å². The quantitative estimate of drug-likeness (QED) is 0.427. The van der Waals surface area contributed by atoms with Gasteiger partial charge in [0.05, 0.1) is 25.5 Å². The molecule has 0 saturated carbocycles. The largest absolute Gasteiger partial charge is 0.464 e. The smallest absolute Gasteiger partial charge is 0.333 e. The number of carbonyl (C=O) groups excluding carboxylic acids is 1. The van der Waals surface area contributed by atoms with E-state index in [0.29, 0.717) is 11.0 Å². The van der Waals surface area contributed by atoms with E-state index in [1.165, 1.54) is 0 Å². The molecular weight excluding hydrogens is 375 g/mol. The third kappa shape index (κ3) is 5.49. The van der Waals surface area contributed by atoms with E-state index in [0.717, 1.165) is 30.0 Å². The maximum Gasteiger partial charge on any atom is 0.333 e. The number of aliphatic hydroxyl groups is 2. The summed E-state index contributed by atoms with van der Waals surface area (Å²) in [6.45, 7) is 1.07. The molecule has 0 unspecified atom stereocenters. The Kier molecular flexibility index (Phi) is 8.34. The molecule has 2 rings (SSSR count). The molecule has 1 fully saturated rings. The first-order chi connectivity index (χ1) is 13.4. The van der Waals surface area contributed by atoms with Gasteiger partial charge in [0, 0.05) is 12.8 Å². The van der Waals surface area contributed by atoms with Gasteiger partial charge >= 0.3 is 11.7 Å². The zero-order chi connectivity index (χ0) is 20.7. The standard InChI is InChI=1S/C18H27FN2O7/c1-2-3-4-5-6-16(24)27-8-7-20-17(25)12(19)10-21(18(20)26)15-9-13(23)14(11-22)28-15/h10,13-15,22-23H,2-9,11H2,1H3/t13-,14+,15+/m0/s1. The third-order valence-electron chi connectivity index (χ3n) is 4.66. The van der Waals surface area contributed by atoms with Gasteiger partial charge in [-0.05, 0) is 6.42 Å². The molecule has 1 aromatic rings. The Morgan fingerprint density at radius 1 is 1.36 bits per heavy atom. The van der Waals surface area contributed by atoms with Crippen molar-refractivity contribution in [1.29, 1.82) is 0 Å². The lowest BCUT2D eigenvalue weighted by Gasteiger charge is -2.16. The molecule has 0 radical (unpaired) electrons. The number of hydrogen-bond acceptors (Lipinski definition) is 7. The van der Waals surface area contributed by atoms with Crippen LogP contribution in [0.5, 0.6) is 0 Å². The van der Waals surface area contributed by atoms with Crippen LogP contribution < -0.4 is 11.2 Å². The summed E-state index contributed by atoms with van der Waals surface area (Å²) in [6.07, 6.45) is 1.71. The number of unbranched alkanes of at least 4 members (excludes halogenated alkanes) is 3. The van der Waals surface area contributed by atoms with Crippen LogP contribution in [0.1, 0.15) is 51.7 Å². The molecule has 1 saturated heterocycles. The minimum atomic E-state index is -1.17. The normalized spacial score (nSPS) is 21.8. The number of hydrogen-bond donors (Lipinski definition) is 2. The van der Waals surface area contributed by atoms with Gasteiger partial charge < -0.3 is 19.7 Å². The van der Waals surface area contributed by atoms with Crippen molar-refractivity contribution in [2.24, 2.45) is 0 Å². The number of esters is 1. The van der Waals surface area contributed by atoms with E-state index in [9.17, 15) is 23.9 Å². The van der Waals surface area contributed by atoms with E-state index in [-0.39, 0.29) is 26.0 Å². The second-order valence-electron chi connectivity index (χ2n) is 6.77. The number of carbonyl (C=O) groups is 1. The summed E-state index contributed by atoms with van der Waals surface area (Å²) in [5.74, 6) is -1.61. The summed E-state index contributed by atoms with van der Waals surface area (Å²) in [5.41, 5.74) is -1.97. The zero-order valence-corrected chi connectivity index (χ0v) is 15.9. The lowest BCUT2D eigenvalue weighted by molar-refractivity contribution is -0.144. The van der Waals surface area contributed by atoms with E-state index in [1.807, 2.05) is 0 Å². The van der Waals surface area contributed by atoms with Crippen LogP contribution in [0.15, 0.2) is 15.8 Å². The van der Waals surface area contributed by atoms with E-state index >= 15 is 0 Å². The van der Waals surface area contributed by atoms with Gasteiger partial charge in [-0.3, -0.25) is 18.7 Å². The molecule has 158 valence electrons. The van der Waals surface area contributed by atoms with Crippen molar-refractivity contribution in [1.82, 2.24) is 9.13 Å². The first-order valence-corrected chi connectivity index (χ1v) is 9.50. The summed E-state index contributed by atoms with van der Waals surface area (Å²) in [6, 6.07) is 0. The summed E-state index contributed by atoms with van der Waals surface area (Å²) in [7, 11) is 0. The van der Waals surface area contributed by atoms with Crippen LogP contribution in [0, 0.1) is 5.82 Å². The summed E-state index contributed by atoms with van der Waals surface area (Å²) in [4.78, 5) is 36.2. The molecule has 10 heteroatoms. The predicted octanol–water partition coefficient (Wildman–Crippen LogP) is 0.303. The number of nitrogens with zero attached hydrogens (tertiary/aromatic N) is 2. The molecule has 0 aromatic carbocycles. The fourth-order valence-electron chi connectivity index (χ4n) is 3.06. The molecule has 9 nitrogen and oxygen atoms in total. The van der Waals surface area contributed by atoms with E-state index < -0.39 is 48.1 Å². The van der Waals surface area contributed by atoms with Crippen LogP contribution in [-0.2, 0) is 20.8 Å². The van der Waals surface area contributed by atoms with Gasteiger partial charge in [0.2, 0.25) is 5.82 Å². The summed E-state index contributed by atoms with van der Waals surface area (Å²) >= 11 is 0. The van der Waals surface area contributed by atoms with Crippen molar-refractivity contribution < 1.29 is 28.9 Å². The highest BCUT2D eigenvalue weighted by Gasteiger charge is 2.35. The minimum absolute atomic E-state index is 0.0322. The molecule has 0 aliphatic carbocycles. The average Bonchev–Trinajstić information content (AvgIpc) is 3.05. The number of aromatic nitrogens is 2. The average molecular weight is 402 g/mol. The minimum Gasteiger partial charge on any atom is -0.464 e. The number of ether oxygens (including phenoxy) is 2. The van der Waals surface area contributed by atoms with Crippen molar-refractivity contribution >= 4 is 5.97 Å². The molecule has 0 bridgehead atoms. The van der Waals surface area contributed by atoms with Gasteiger partial charge in [-0.2, -0.15) is 4.39 Å². The Hall–Kier alpha value is -2.04. The number of aliphatic hydroxyl groups excluding tert-OH is 2. The molecule has 0 amide bonds. The lowest BCUT2D eigenvalue weighted by atomic mass is 10.2. The Balaban J connectivity index is 2.03. The summed E-state index contributed by atoms with van der Waals surface area (Å²) in [5, 5.41) is 18.9. The monoisotopic (exact) mass is 402 g/mol. The molecule has 2 N–H and O–H groups in total. The highest BCUT2D eigenvalue weighted by atomic mass is 19.1. The molecule has 28 heavy (non-hydrogen) atoms. The van der Waals surface area contributed by atoms with Crippen molar-refractivity contribution in [3.63, 3.8) is 0 Å². The van der Waals surface area contributed by atoms with E-state index in [4.69, 9.17) is 14.6 Å².